The lowest BCUT2D eigenvalue weighted by Gasteiger charge is -2.13. The SMILES string of the molecule is COCCn1c(SCc2ccccc2OC)nc2ccccc2c1=O. The third kappa shape index (κ3) is 3.86. The lowest BCUT2D eigenvalue weighted by atomic mass is 10.2. The zero-order valence-corrected chi connectivity index (χ0v) is 15.1. The Morgan fingerprint density at radius 2 is 1.84 bits per heavy atom. The number of methoxy groups -OCH3 is 2. The maximum atomic E-state index is 12.8. The van der Waals surface area contributed by atoms with E-state index < -0.39 is 0 Å². The standard InChI is InChI=1S/C19H20N2O3S/c1-23-12-11-21-18(22)15-8-4-5-9-16(15)20-19(21)25-13-14-7-3-6-10-17(14)24-2/h3-10H,11-13H2,1-2H3. The largest absolute Gasteiger partial charge is 0.496 e. The Bertz CT molecular complexity index is 924. The summed E-state index contributed by atoms with van der Waals surface area (Å²) >= 11 is 1.53. The number of hydrogen-bond donors (Lipinski definition) is 0. The molecule has 0 atom stereocenters. The molecule has 0 unspecified atom stereocenters. The second-order valence-electron chi connectivity index (χ2n) is 5.46. The molecule has 5 nitrogen and oxygen atoms in total. The van der Waals surface area contributed by atoms with Crippen LogP contribution in [-0.4, -0.2) is 30.4 Å². The van der Waals surface area contributed by atoms with Gasteiger partial charge in [-0.15, -0.1) is 0 Å². The lowest BCUT2D eigenvalue weighted by molar-refractivity contribution is 0.183. The second-order valence-corrected chi connectivity index (χ2v) is 6.40. The van der Waals surface area contributed by atoms with E-state index in [9.17, 15) is 4.79 Å². The minimum atomic E-state index is -0.0369. The molecule has 25 heavy (non-hydrogen) atoms. The molecular weight excluding hydrogens is 336 g/mol. The summed E-state index contributed by atoms with van der Waals surface area (Å²) in [5, 5.41) is 1.31. The fourth-order valence-electron chi connectivity index (χ4n) is 2.60. The zero-order chi connectivity index (χ0) is 17.6. The molecule has 3 aromatic rings. The summed E-state index contributed by atoms with van der Waals surface area (Å²) in [5.41, 5.74) is 1.74. The molecule has 0 bridgehead atoms. The van der Waals surface area contributed by atoms with Crippen molar-refractivity contribution in [2.75, 3.05) is 20.8 Å². The summed E-state index contributed by atoms with van der Waals surface area (Å²) in [6.07, 6.45) is 0. The molecule has 0 saturated heterocycles. The van der Waals surface area contributed by atoms with Gasteiger partial charge in [-0.05, 0) is 18.2 Å². The number of thioether (sulfide) groups is 1. The van der Waals surface area contributed by atoms with Gasteiger partial charge in [0.2, 0.25) is 0 Å². The predicted octanol–water partition coefficient (Wildman–Crippen LogP) is 3.34. The Hall–Kier alpha value is -2.31. The van der Waals surface area contributed by atoms with Gasteiger partial charge in [0.15, 0.2) is 5.16 Å². The van der Waals surface area contributed by atoms with Crippen LogP contribution in [0.4, 0.5) is 0 Å². The summed E-state index contributed by atoms with van der Waals surface area (Å²) in [6.45, 7) is 0.934. The average molecular weight is 356 g/mol. The van der Waals surface area contributed by atoms with Crippen molar-refractivity contribution in [3.63, 3.8) is 0 Å². The Kier molecular flexibility index (Phi) is 5.73. The molecular formula is C19H20N2O3S. The van der Waals surface area contributed by atoms with Gasteiger partial charge in [-0.2, -0.15) is 0 Å². The van der Waals surface area contributed by atoms with Crippen LogP contribution in [0.25, 0.3) is 10.9 Å². The molecule has 6 heteroatoms. The van der Waals surface area contributed by atoms with Crippen LogP contribution in [0.1, 0.15) is 5.56 Å². The molecule has 0 N–H and O–H groups in total. The normalized spacial score (nSPS) is 11.0. The van der Waals surface area contributed by atoms with Gasteiger partial charge < -0.3 is 9.47 Å². The van der Waals surface area contributed by atoms with E-state index in [-0.39, 0.29) is 5.56 Å². The fraction of sp³-hybridized carbons (Fsp3) is 0.263. The topological polar surface area (TPSA) is 53.4 Å². The quantitative estimate of drug-likeness (QED) is 0.480. The minimum absolute atomic E-state index is 0.0369. The van der Waals surface area contributed by atoms with Crippen LogP contribution in [-0.2, 0) is 17.0 Å². The number of benzene rings is 2. The van der Waals surface area contributed by atoms with Gasteiger partial charge in [0, 0.05) is 18.4 Å². The van der Waals surface area contributed by atoms with E-state index in [0.717, 1.165) is 11.3 Å². The zero-order valence-electron chi connectivity index (χ0n) is 14.3. The number of fused-ring (bicyclic) bond motifs is 1. The number of ether oxygens (including phenoxy) is 2. The van der Waals surface area contributed by atoms with Gasteiger partial charge in [0.05, 0.1) is 31.2 Å². The highest BCUT2D eigenvalue weighted by atomic mass is 32.2. The first-order valence-corrected chi connectivity index (χ1v) is 8.96. The van der Waals surface area contributed by atoms with E-state index in [1.165, 1.54) is 11.8 Å². The van der Waals surface area contributed by atoms with Crippen LogP contribution in [0.2, 0.25) is 0 Å². The Morgan fingerprint density at radius 3 is 2.64 bits per heavy atom. The monoisotopic (exact) mass is 356 g/mol. The smallest absolute Gasteiger partial charge is 0.262 e. The predicted molar refractivity (Wildman–Crippen MR) is 100 cm³/mol. The van der Waals surface area contributed by atoms with Crippen LogP contribution in [0.3, 0.4) is 0 Å². The molecule has 0 fully saturated rings. The van der Waals surface area contributed by atoms with Gasteiger partial charge in [-0.25, -0.2) is 4.98 Å². The molecule has 3 rings (SSSR count). The van der Waals surface area contributed by atoms with Gasteiger partial charge in [0.1, 0.15) is 5.75 Å². The van der Waals surface area contributed by atoms with Crippen LogP contribution >= 0.6 is 11.8 Å². The molecule has 0 saturated carbocycles. The van der Waals surface area contributed by atoms with Gasteiger partial charge in [0.25, 0.3) is 5.56 Å². The second kappa shape index (κ2) is 8.18. The summed E-state index contributed by atoms with van der Waals surface area (Å²) in [7, 11) is 3.29. The first kappa shape index (κ1) is 17.5. The minimum Gasteiger partial charge on any atom is -0.496 e. The molecule has 1 aromatic heterocycles. The van der Waals surface area contributed by atoms with E-state index >= 15 is 0 Å². The van der Waals surface area contributed by atoms with E-state index in [1.807, 2.05) is 48.5 Å². The molecule has 0 aliphatic heterocycles. The van der Waals surface area contributed by atoms with Crippen molar-refractivity contribution >= 4 is 22.7 Å². The molecule has 0 spiro atoms. The van der Waals surface area contributed by atoms with Gasteiger partial charge >= 0.3 is 0 Å². The number of para-hydroxylation sites is 2. The number of hydrogen-bond acceptors (Lipinski definition) is 5. The molecule has 0 radical (unpaired) electrons. The first-order chi connectivity index (χ1) is 12.2. The van der Waals surface area contributed by atoms with Crippen LogP contribution in [0.5, 0.6) is 5.75 Å². The maximum absolute atomic E-state index is 12.8. The molecule has 1 heterocycles. The van der Waals surface area contributed by atoms with Crippen molar-refractivity contribution in [3.05, 3.63) is 64.4 Å². The van der Waals surface area contributed by atoms with Gasteiger partial charge in [-0.3, -0.25) is 9.36 Å². The third-order valence-electron chi connectivity index (χ3n) is 3.89. The van der Waals surface area contributed by atoms with Crippen molar-refractivity contribution in [1.29, 1.82) is 0 Å². The van der Waals surface area contributed by atoms with E-state index in [2.05, 4.69) is 4.98 Å². The van der Waals surface area contributed by atoms with Crippen molar-refractivity contribution in [1.82, 2.24) is 9.55 Å². The van der Waals surface area contributed by atoms with Crippen LogP contribution < -0.4 is 10.3 Å². The number of nitrogens with zero attached hydrogens (tertiary/aromatic N) is 2. The summed E-state index contributed by atoms with van der Waals surface area (Å²) < 4.78 is 12.2. The molecule has 0 amide bonds. The van der Waals surface area contributed by atoms with Crippen molar-refractivity contribution in [3.8, 4) is 5.75 Å². The Labute approximate surface area is 150 Å². The van der Waals surface area contributed by atoms with Gasteiger partial charge in [-0.1, -0.05) is 42.1 Å². The first-order valence-electron chi connectivity index (χ1n) is 7.98. The summed E-state index contributed by atoms with van der Waals surface area (Å²) in [4.78, 5) is 17.5. The molecule has 2 aromatic carbocycles. The molecule has 0 aliphatic rings. The highest BCUT2D eigenvalue weighted by Gasteiger charge is 2.12. The number of rotatable bonds is 7. The summed E-state index contributed by atoms with van der Waals surface area (Å²) in [6, 6.07) is 15.3. The molecule has 130 valence electrons. The van der Waals surface area contributed by atoms with Crippen LogP contribution in [0, 0.1) is 0 Å². The van der Waals surface area contributed by atoms with E-state index in [4.69, 9.17) is 9.47 Å². The highest BCUT2D eigenvalue weighted by Crippen LogP contribution is 2.27. The third-order valence-corrected chi connectivity index (χ3v) is 4.92. The highest BCUT2D eigenvalue weighted by molar-refractivity contribution is 7.98. The van der Waals surface area contributed by atoms with Crippen LogP contribution in [0.15, 0.2) is 58.5 Å². The van der Waals surface area contributed by atoms with E-state index in [0.29, 0.717) is 35.0 Å². The summed E-state index contributed by atoms with van der Waals surface area (Å²) in [5.74, 6) is 1.50. The Morgan fingerprint density at radius 1 is 1.08 bits per heavy atom. The lowest BCUT2D eigenvalue weighted by Crippen LogP contribution is -2.25. The van der Waals surface area contributed by atoms with Crippen molar-refractivity contribution < 1.29 is 9.47 Å². The maximum Gasteiger partial charge on any atom is 0.262 e. The molecule has 0 aliphatic carbocycles. The fourth-order valence-corrected chi connectivity index (χ4v) is 3.62. The average Bonchev–Trinajstić information content (AvgIpc) is 2.66. The van der Waals surface area contributed by atoms with Crippen molar-refractivity contribution in [2.45, 2.75) is 17.5 Å². The van der Waals surface area contributed by atoms with E-state index in [1.54, 1.807) is 18.8 Å². The Balaban J connectivity index is 1.97. The van der Waals surface area contributed by atoms with Crippen molar-refractivity contribution in [2.24, 2.45) is 0 Å². The number of aromatic nitrogens is 2.